The second-order valence-electron chi connectivity index (χ2n) is 29.9. The summed E-state index contributed by atoms with van der Waals surface area (Å²) in [7, 11) is 2.63. The Labute approximate surface area is 661 Å². The first-order valence-electron chi connectivity index (χ1n) is 38.7. The summed E-state index contributed by atoms with van der Waals surface area (Å²) >= 11 is 0. The minimum absolute atomic E-state index is 0.0132. The van der Waals surface area contributed by atoms with E-state index in [4.69, 9.17) is 23.1 Å². The van der Waals surface area contributed by atoms with E-state index in [-0.39, 0.29) is 60.8 Å². The van der Waals surface area contributed by atoms with Crippen molar-refractivity contribution in [2.45, 2.75) is 88.3 Å². The standard InChI is InChI=1S/C22H22N4O4S.2C20H26N6O.C15H16N4O2.C5H12N2/c1-15-3-6-19(7-4-15)31(27,28)29-14-18-13-26(12-16(2)30-18)20-8-5-17(11-23)21-22(20)25-10-9-24-21;2*1-15-12-26(14-17(27-15)13-25-9-7-24(2)8-10-25)18-4-3-16(11-21)19-20(18)23-6-5-22-19;1-10-7-19(8-12(9-20)21-10)13-3-2-11(6-16)14-15(13)18-5-4-17-14;1-7-4-2-6-3-5-7/h3-10,16,18H,12-14H2,1-2H3;2*3-6,15,17H,7-10,12-14H2,1-2H3;2-5,10,12,20H,7-9H2,1H3;6H,2-5H2,1H3/t16-,18+;2*15-,17-;10-,12+;/m0000./s1. The number of aromatic nitrogens is 8. The molecule has 9 aromatic rings. The van der Waals surface area contributed by atoms with Gasteiger partial charge >= 0.3 is 0 Å². The molecule has 31 heteroatoms. The number of hydrogen-bond acceptors (Lipinski definition) is 30. The van der Waals surface area contributed by atoms with E-state index in [0.29, 0.717) is 81.5 Å². The van der Waals surface area contributed by atoms with Gasteiger partial charge in [-0.15, -0.1) is 0 Å². The summed E-state index contributed by atoms with van der Waals surface area (Å²) in [5, 5.41) is 49.9. The van der Waals surface area contributed by atoms with Crippen molar-refractivity contribution in [2.75, 3.05) is 198 Å². The van der Waals surface area contributed by atoms with Gasteiger partial charge < -0.3 is 63.7 Å². The normalized spacial score (nSPS) is 22.9. The number of aryl methyl sites for hydroxylation is 1. The first-order chi connectivity index (χ1) is 54.8. The van der Waals surface area contributed by atoms with E-state index < -0.39 is 16.2 Å². The fourth-order valence-corrected chi connectivity index (χ4v) is 16.2. The number of hydrogen-bond donors (Lipinski definition) is 2. The number of benzene rings is 5. The summed E-state index contributed by atoms with van der Waals surface area (Å²) in [5.74, 6) is 0. The van der Waals surface area contributed by atoms with Crippen molar-refractivity contribution in [3.8, 4) is 24.3 Å². The van der Waals surface area contributed by atoms with Crippen LogP contribution in [0.15, 0.2) is 127 Å². The van der Waals surface area contributed by atoms with Crippen LogP contribution in [0, 0.1) is 52.2 Å². The highest BCUT2D eigenvalue weighted by atomic mass is 32.2. The van der Waals surface area contributed by atoms with Crippen molar-refractivity contribution in [2.24, 2.45) is 0 Å². The molecule has 0 unspecified atom stereocenters. The molecule has 0 radical (unpaired) electrons. The first-order valence-corrected chi connectivity index (χ1v) is 40.1. The van der Waals surface area contributed by atoms with Gasteiger partial charge in [0.1, 0.15) is 74.5 Å². The molecule has 594 valence electrons. The van der Waals surface area contributed by atoms with Gasteiger partial charge in [0.2, 0.25) is 0 Å². The maximum Gasteiger partial charge on any atom is 0.297 e. The summed E-state index contributed by atoms with van der Waals surface area (Å²) in [6, 6.07) is 30.2. The third-order valence-electron chi connectivity index (χ3n) is 20.9. The molecule has 0 aliphatic carbocycles. The summed E-state index contributed by atoms with van der Waals surface area (Å²) in [5.41, 5.74) is 12.3. The van der Waals surface area contributed by atoms with Crippen LogP contribution >= 0.6 is 0 Å². The lowest BCUT2D eigenvalue weighted by Gasteiger charge is -2.41. The molecule has 7 saturated heterocycles. The molecule has 113 heavy (non-hydrogen) atoms. The minimum atomic E-state index is -3.88. The predicted molar refractivity (Wildman–Crippen MR) is 433 cm³/mol. The Kier molecular flexibility index (Phi) is 28.7. The van der Waals surface area contributed by atoms with Crippen LogP contribution in [0.3, 0.4) is 0 Å². The smallest absolute Gasteiger partial charge is 0.297 e. The molecule has 0 bridgehead atoms. The van der Waals surface area contributed by atoms with Crippen molar-refractivity contribution >= 4 is 77.0 Å². The van der Waals surface area contributed by atoms with Gasteiger partial charge in [-0.2, -0.15) is 29.5 Å². The molecule has 2 N–H and O–H groups in total. The highest BCUT2D eigenvalue weighted by molar-refractivity contribution is 7.86. The zero-order valence-electron chi connectivity index (χ0n) is 65.7. The van der Waals surface area contributed by atoms with Crippen molar-refractivity contribution in [1.82, 2.24) is 69.7 Å². The maximum absolute atomic E-state index is 12.5. The molecule has 7 fully saturated rings. The second kappa shape index (κ2) is 39.2. The van der Waals surface area contributed by atoms with Gasteiger partial charge in [0.15, 0.2) is 0 Å². The Morgan fingerprint density at radius 1 is 0.407 bits per heavy atom. The number of rotatable bonds is 13. The number of ether oxygens (including phenoxy) is 4. The number of nitrogens with one attached hydrogen (secondary N) is 1. The quantitative estimate of drug-likeness (QED) is 0.123. The van der Waals surface area contributed by atoms with Crippen molar-refractivity contribution in [1.29, 1.82) is 21.0 Å². The van der Waals surface area contributed by atoms with E-state index >= 15 is 0 Å². The van der Waals surface area contributed by atoms with E-state index in [1.165, 1.54) is 25.2 Å². The van der Waals surface area contributed by atoms with Crippen molar-refractivity contribution in [3.05, 3.63) is 150 Å². The molecule has 8 atom stereocenters. The van der Waals surface area contributed by atoms with Crippen molar-refractivity contribution < 1.29 is 36.7 Å². The molecule has 4 aromatic heterocycles. The Balaban J connectivity index is 0.000000136. The molecule has 11 heterocycles. The van der Waals surface area contributed by atoms with Crippen LogP contribution in [0.25, 0.3) is 44.1 Å². The van der Waals surface area contributed by atoms with Gasteiger partial charge in [-0.25, -0.2) is 0 Å². The predicted octanol–water partition coefficient (Wildman–Crippen LogP) is 6.10. The Hall–Kier alpha value is -9.91. The highest BCUT2D eigenvalue weighted by Crippen LogP contribution is 2.34. The fraction of sp³-hybridized carbons (Fsp3) is 0.488. The maximum atomic E-state index is 12.5. The summed E-state index contributed by atoms with van der Waals surface area (Å²) < 4.78 is 54.4. The molecular formula is C82H102N22O8S. The lowest BCUT2D eigenvalue weighted by atomic mass is 10.1. The molecule has 7 aliphatic heterocycles. The second-order valence-corrected chi connectivity index (χ2v) is 31.5. The number of nitriles is 4. The van der Waals surface area contributed by atoms with Gasteiger partial charge in [-0.3, -0.25) is 53.9 Å². The number of piperazine rings is 3. The topological polar surface area (TPSA) is 340 Å². The zero-order chi connectivity index (χ0) is 79.5. The molecule has 0 amide bonds. The highest BCUT2D eigenvalue weighted by Gasteiger charge is 2.34. The Bertz CT molecular complexity index is 4830. The zero-order valence-corrected chi connectivity index (χ0v) is 66.6. The lowest BCUT2D eigenvalue weighted by molar-refractivity contribution is -0.0420. The number of aliphatic hydroxyl groups excluding tert-OH is 1. The monoisotopic (exact) mass is 1550 g/mol. The molecular weight excluding hydrogens is 1450 g/mol. The van der Waals surface area contributed by atoms with Crippen LogP contribution in [-0.2, 0) is 33.2 Å². The van der Waals surface area contributed by atoms with Gasteiger partial charge in [0.25, 0.3) is 10.1 Å². The van der Waals surface area contributed by atoms with E-state index in [2.05, 4.69) is 149 Å². The van der Waals surface area contributed by atoms with Crippen LogP contribution < -0.4 is 24.9 Å². The largest absolute Gasteiger partial charge is 0.394 e. The third kappa shape index (κ3) is 21.5. The number of morpholine rings is 4. The molecule has 0 spiro atoms. The Morgan fingerprint density at radius 3 is 1.01 bits per heavy atom. The third-order valence-corrected chi connectivity index (χ3v) is 22.2. The van der Waals surface area contributed by atoms with Crippen LogP contribution in [0.2, 0.25) is 0 Å². The van der Waals surface area contributed by atoms with Crippen LogP contribution in [0.1, 0.15) is 55.5 Å². The van der Waals surface area contributed by atoms with Crippen LogP contribution in [0.4, 0.5) is 22.7 Å². The van der Waals surface area contributed by atoms with E-state index in [1.54, 1.807) is 73.8 Å². The Morgan fingerprint density at radius 2 is 0.699 bits per heavy atom. The summed E-state index contributed by atoms with van der Waals surface area (Å²) in [4.78, 5) is 56.3. The van der Waals surface area contributed by atoms with E-state index in [9.17, 15) is 34.6 Å². The van der Waals surface area contributed by atoms with E-state index in [0.717, 1.165) is 144 Å². The molecule has 7 aliphatic rings. The summed E-state index contributed by atoms with van der Waals surface area (Å²) in [6.45, 7) is 31.0. The van der Waals surface area contributed by atoms with Gasteiger partial charge in [-0.05, 0) is 116 Å². The van der Waals surface area contributed by atoms with Crippen LogP contribution in [-0.4, -0.2) is 305 Å². The number of anilines is 4. The molecule has 5 aromatic carbocycles. The van der Waals surface area contributed by atoms with Gasteiger partial charge in [0, 0.05) is 194 Å². The number of nitrogens with zero attached hydrogens (tertiary/aromatic N) is 21. The average Bonchev–Trinajstić information content (AvgIpc) is 0.797. The number of fused-ring (bicyclic) bond motifs is 4. The first kappa shape index (κ1) is 82.5. The molecule has 16 rings (SSSR count). The fourth-order valence-electron chi connectivity index (χ4n) is 15.3. The number of likely N-dealkylation sites (N-methyl/N-ethyl adjacent to an activating group) is 3. The molecule has 30 nitrogen and oxygen atoms in total. The number of aliphatic hydroxyl groups is 1. The molecule has 0 saturated carbocycles. The lowest BCUT2D eigenvalue weighted by Crippen LogP contribution is -2.53. The average molecular weight is 1560 g/mol. The minimum Gasteiger partial charge on any atom is -0.394 e. The van der Waals surface area contributed by atoms with Gasteiger partial charge in [0.05, 0.1) is 106 Å². The SMILES string of the molecule is CN1CCNCC1.C[C@H]1CN(c2ccc(C#N)c3nccnc23)C[C@H](CN2CCN(C)CC2)O1.C[C@H]1CN(c2ccc(C#N)c3nccnc23)C[C@H](CN2CCN(C)CC2)O1.C[C@H]1CN(c2ccc(C#N)c3nccnc23)C[C@H](CO)O1.Cc1ccc(S(=O)(=O)OC[C@H]2CN(c3ccc(C#N)c4nccnc34)C[C@H](C)O2)cc1. The van der Waals surface area contributed by atoms with Crippen LogP contribution in [0.5, 0.6) is 0 Å². The van der Waals surface area contributed by atoms with Crippen molar-refractivity contribution in [3.63, 3.8) is 0 Å². The van der Waals surface area contributed by atoms with E-state index in [1.807, 2.05) is 57.2 Å². The summed E-state index contributed by atoms with van der Waals surface area (Å²) in [6.07, 6.45) is 12.9. The van der Waals surface area contributed by atoms with Gasteiger partial charge in [-0.1, -0.05) is 17.7 Å².